The van der Waals surface area contributed by atoms with Gasteiger partial charge in [0, 0.05) is 0 Å². The van der Waals surface area contributed by atoms with Crippen LogP contribution >= 0.6 is 26.0 Å². The Bertz CT molecular complexity index is 700. The van der Waals surface area contributed by atoms with Crippen molar-refractivity contribution in [3.05, 3.63) is 112 Å². The molecule has 132 valence electrons. The zero-order chi connectivity index (χ0) is 18.5. The summed E-state index contributed by atoms with van der Waals surface area (Å²) < 4.78 is 0. The molecule has 0 bridgehead atoms. The number of halogens is 1. The van der Waals surface area contributed by atoms with Gasteiger partial charge in [-0.25, -0.2) is 0 Å². The first-order chi connectivity index (χ1) is 12.4. The van der Waals surface area contributed by atoms with Gasteiger partial charge in [-0.05, 0) is 0 Å². The Morgan fingerprint density at radius 3 is 1.00 bits per heavy atom. The van der Waals surface area contributed by atoms with E-state index in [1.165, 1.54) is 26.5 Å². The Kier molecular flexibility index (Phi) is 10.3. The van der Waals surface area contributed by atoms with E-state index in [4.69, 9.17) is 21.0 Å². The van der Waals surface area contributed by atoms with Gasteiger partial charge in [0.15, 0.2) is 0 Å². The molecular weight excluding hydrogens is 493 g/mol. The topological polar surface area (TPSA) is 78.7 Å². The molecule has 3 rings (SSSR count). The standard InChI is InChI=1S/C18H15P.Co.HI.2NO/c1-4-10-16(11-5-1)19(17-12-6-2-7-13-17)18-14-8-3-9-15-18;;;2*1-2/h1-15H;;1H;;/q;+1;;2*-1/p-1. The van der Waals surface area contributed by atoms with E-state index >= 15 is 0 Å². The Labute approximate surface area is 163 Å². The zero-order valence-corrected chi connectivity index (χ0v) is 17.1. The Morgan fingerprint density at radius 1 is 0.560 bits per heavy atom. The maximum Gasteiger partial charge on any atom is -0.423 e. The monoisotopic (exact) mass is 508 g/mol. The average Bonchev–Trinajstić information content (AvgIpc) is 2.74. The third-order valence-corrected chi connectivity index (χ3v) is 15.7. The second-order valence-electron chi connectivity index (χ2n) is 4.62. The van der Waals surface area contributed by atoms with Gasteiger partial charge in [-0.2, -0.15) is 0 Å². The summed E-state index contributed by atoms with van der Waals surface area (Å²) in [6.45, 7) is 0. The number of hydrogen-bond acceptors (Lipinski definition) is 2. The van der Waals surface area contributed by atoms with Gasteiger partial charge < -0.3 is 21.0 Å². The zero-order valence-electron chi connectivity index (χ0n) is 13.0. The van der Waals surface area contributed by atoms with E-state index in [0.717, 1.165) is 0 Å². The van der Waals surface area contributed by atoms with Crippen molar-refractivity contribution in [1.29, 1.82) is 0 Å². The van der Waals surface area contributed by atoms with Crippen LogP contribution in [0.15, 0.2) is 91.0 Å². The van der Waals surface area contributed by atoms with Crippen molar-refractivity contribution >= 4 is 41.9 Å². The Morgan fingerprint density at radius 2 is 0.800 bits per heavy atom. The first-order valence-electron chi connectivity index (χ1n) is 7.04. The van der Waals surface area contributed by atoms with E-state index in [1.54, 1.807) is 0 Å². The van der Waals surface area contributed by atoms with E-state index in [1.807, 2.05) is 0 Å². The minimum absolute atomic E-state index is 1.43. The van der Waals surface area contributed by atoms with Gasteiger partial charge >= 0.3 is 143 Å². The second kappa shape index (κ2) is 12.0. The molecule has 0 fully saturated rings. The molecule has 0 heterocycles. The van der Waals surface area contributed by atoms with E-state index in [0.29, 0.717) is 0 Å². The summed E-state index contributed by atoms with van der Waals surface area (Å²) >= 11 is 2.53. The molecule has 0 atom stereocenters. The number of nitroso groups, excluding NO2 is 2. The predicted molar refractivity (Wildman–Crippen MR) is 113 cm³/mol. The average molecular weight is 508 g/mol. The quantitative estimate of drug-likeness (QED) is 0.370. The van der Waals surface area contributed by atoms with Gasteiger partial charge in [0.25, 0.3) is 0 Å². The Hall–Kier alpha value is -1.47. The molecule has 7 heteroatoms. The summed E-state index contributed by atoms with van der Waals surface area (Å²) in [6, 6.07) is 32.8. The van der Waals surface area contributed by atoms with Crippen LogP contribution in [-0.4, -0.2) is 0 Å². The number of hydrogen-bond donors (Lipinski definition) is 0. The fourth-order valence-electron chi connectivity index (χ4n) is 2.43. The summed E-state index contributed by atoms with van der Waals surface area (Å²) in [6.07, 6.45) is 0. The van der Waals surface area contributed by atoms with Crippen LogP contribution in [0.2, 0.25) is 0 Å². The van der Waals surface area contributed by atoms with Crippen LogP contribution in [0.4, 0.5) is 0 Å². The molecule has 4 nitrogen and oxygen atoms in total. The fourth-order valence-corrected chi connectivity index (χ4v) is 14.4. The van der Waals surface area contributed by atoms with Gasteiger partial charge in [-0.15, -0.1) is 0 Å². The molecule has 0 saturated heterocycles. The van der Waals surface area contributed by atoms with Crippen LogP contribution in [0.5, 0.6) is 0 Å². The maximum atomic E-state index is 7.25. The van der Waals surface area contributed by atoms with Gasteiger partial charge in [0.1, 0.15) is 0 Å². The van der Waals surface area contributed by atoms with Gasteiger partial charge in [-0.1, -0.05) is 0 Å². The number of benzene rings is 3. The smallest absolute Gasteiger partial charge is 0.423 e. The molecule has 3 aromatic rings. The van der Waals surface area contributed by atoms with Crippen LogP contribution in [0.3, 0.4) is 0 Å². The second-order valence-corrected chi connectivity index (χ2v) is 14.0. The van der Waals surface area contributed by atoms with Crippen molar-refractivity contribution in [3.63, 3.8) is 0 Å². The SMILES string of the molecule is [I][Co]=[P](c1ccccc1)(c1ccccc1)c1ccccc1.[N-]=O.[N-]=O. The summed E-state index contributed by atoms with van der Waals surface area (Å²) in [5, 5.41) is 4.32. The van der Waals surface area contributed by atoms with Crippen LogP contribution in [0.25, 0.3) is 11.2 Å². The third-order valence-electron chi connectivity index (χ3n) is 3.39. The molecular formula is C18H15CoIN2O2P-2. The van der Waals surface area contributed by atoms with Crippen LogP contribution in [0.1, 0.15) is 0 Å². The minimum atomic E-state index is -1.58. The summed E-state index contributed by atoms with van der Waals surface area (Å²) in [4.78, 5) is 14.5. The minimum Gasteiger partial charge on any atom is -0.577 e. The summed E-state index contributed by atoms with van der Waals surface area (Å²) in [5.41, 5.74) is 9.92. The molecule has 0 aliphatic carbocycles. The van der Waals surface area contributed by atoms with Crippen molar-refractivity contribution in [3.8, 4) is 0 Å². The van der Waals surface area contributed by atoms with Gasteiger partial charge in [-0.3, -0.25) is 0 Å². The van der Waals surface area contributed by atoms with Crippen molar-refractivity contribution in [2.75, 3.05) is 0 Å². The molecule has 0 amide bonds. The third kappa shape index (κ3) is 5.01. The van der Waals surface area contributed by atoms with Crippen molar-refractivity contribution in [1.82, 2.24) is 0 Å². The molecule has 3 aromatic carbocycles. The first kappa shape index (κ1) is 21.6. The van der Waals surface area contributed by atoms with Crippen LogP contribution < -0.4 is 15.9 Å². The Balaban J connectivity index is 0.000000730. The van der Waals surface area contributed by atoms with E-state index in [2.05, 4.69) is 111 Å². The van der Waals surface area contributed by atoms with Crippen LogP contribution in [-0.2, 0) is 10.6 Å². The number of rotatable bonds is 3. The summed E-state index contributed by atoms with van der Waals surface area (Å²) in [5.74, 6) is 0. The summed E-state index contributed by atoms with van der Waals surface area (Å²) in [7, 11) is 1.43. The van der Waals surface area contributed by atoms with Gasteiger partial charge in [0.2, 0.25) is 0 Å². The molecule has 25 heavy (non-hydrogen) atoms. The number of nitrogens with zero attached hydrogens (tertiary/aromatic N) is 2. The van der Waals surface area contributed by atoms with Crippen molar-refractivity contribution in [2.24, 2.45) is 0 Å². The first-order valence-corrected chi connectivity index (χ1v) is 13.4. The molecule has 0 spiro atoms. The largest absolute Gasteiger partial charge is 0.577 e. The molecule has 0 aliphatic heterocycles. The fraction of sp³-hybridized carbons (Fsp3) is 0. The predicted octanol–water partition coefficient (Wildman–Crippen LogP) is 4.97. The maximum absolute atomic E-state index is 7.25. The van der Waals surface area contributed by atoms with E-state index < -0.39 is 5.55 Å². The van der Waals surface area contributed by atoms with Crippen LogP contribution in [0, 0.1) is 9.81 Å². The van der Waals surface area contributed by atoms with E-state index in [9.17, 15) is 0 Å². The van der Waals surface area contributed by atoms with Crippen molar-refractivity contribution in [2.45, 2.75) is 0 Å². The molecule has 0 N–H and O–H groups in total. The molecule has 0 saturated carbocycles. The van der Waals surface area contributed by atoms with E-state index in [-0.39, 0.29) is 0 Å². The molecule has 0 unspecified atom stereocenters. The normalized spacial score (nSPS) is 9.96. The van der Waals surface area contributed by atoms with Crippen molar-refractivity contribution < 1.29 is 10.6 Å². The molecule has 0 aliphatic rings. The van der Waals surface area contributed by atoms with Gasteiger partial charge in [0.05, 0.1) is 0 Å². The molecule has 0 aromatic heterocycles. The molecule has 0 radical (unpaired) electrons.